The summed E-state index contributed by atoms with van der Waals surface area (Å²) in [5.74, 6) is 5.80. The lowest BCUT2D eigenvalue weighted by Gasteiger charge is -2.21. The van der Waals surface area contributed by atoms with Crippen LogP contribution in [0, 0.1) is 11.8 Å². The lowest BCUT2D eigenvalue weighted by molar-refractivity contribution is 0.0940. The maximum Gasteiger partial charge on any atom is 0.338 e. The van der Waals surface area contributed by atoms with Crippen molar-refractivity contribution in [2.75, 3.05) is 5.73 Å². The van der Waals surface area contributed by atoms with Gasteiger partial charge in [-0.1, -0.05) is 24.1 Å². The Morgan fingerprint density at radius 3 is 2.62 bits per heavy atom. The van der Waals surface area contributed by atoms with E-state index in [-0.39, 0.29) is 17.1 Å². The summed E-state index contributed by atoms with van der Waals surface area (Å²) in [6.45, 7) is 1.82. The number of anilines is 1. The van der Waals surface area contributed by atoms with E-state index in [0.717, 1.165) is 5.56 Å². The van der Waals surface area contributed by atoms with Gasteiger partial charge < -0.3 is 11.1 Å². The SMILES string of the molecule is C[C@@H](NC(=O)c1c(N)ncc2cccnc12)c1cc2ccc(C#Cc3cnn(C)c3)n2c(=O)n1-c1ccccc1. The maximum atomic E-state index is 14.0. The first kappa shape index (κ1) is 24.6. The van der Waals surface area contributed by atoms with Crippen LogP contribution in [-0.4, -0.2) is 34.6 Å². The number of amides is 1. The molecular formula is C30H24N8O2. The molecule has 3 N–H and O–H groups in total. The number of carbonyl (C=O) groups is 1. The Hall–Kier alpha value is -5.69. The first-order valence-electron chi connectivity index (χ1n) is 12.5. The summed E-state index contributed by atoms with van der Waals surface area (Å²) >= 11 is 0. The first-order valence-corrected chi connectivity index (χ1v) is 12.5. The van der Waals surface area contributed by atoms with Crippen molar-refractivity contribution < 1.29 is 4.79 Å². The molecule has 0 spiro atoms. The molecule has 0 saturated heterocycles. The third-order valence-corrected chi connectivity index (χ3v) is 6.59. The molecule has 5 aromatic heterocycles. The number of fused-ring (bicyclic) bond motifs is 2. The zero-order chi connectivity index (χ0) is 27.8. The quantitative estimate of drug-likeness (QED) is 0.339. The lowest BCUT2D eigenvalue weighted by Crippen LogP contribution is -2.35. The number of hydrogen-bond acceptors (Lipinski definition) is 6. The summed E-state index contributed by atoms with van der Waals surface area (Å²) in [5.41, 5.74) is 9.61. The second kappa shape index (κ2) is 9.89. The molecule has 10 nitrogen and oxygen atoms in total. The molecule has 0 fully saturated rings. The summed E-state index contributed by atoms with van der Waals surface area (Å²) in [6, 6.07) is 17.8. The molecule has 0 aliphatic carbocycles. The van der Waals surface area contributed by atoms with Crippen molar-refractivity contribution >= 4 is 28.1 Å². The van der Waals surface area contributed by atoms with Crippen LogP contribution >= 0.6 is 0 Å². The van der Waals surface area contributed by atoms with Crippen LogP contribution in [0.1, 0.15) is 40.3 Å². The predicted molar refractivity (Wildman–Crippen MR) is 152 cm³/mol. The Morgan fingerprint density at radius 1 is 1.02 bits per heavy atom. The number of carbonyl (C=O) groups excluding carboxylic acids is 1. The molecule has 0 radical (unpaired) electrons. The van der Waals surface area contributed by atoms with Crippen LogP contribution in [0.4, 0.5) is 5.82 Å². The normalized spacial score (nSPS) is 11.8. The average Bonchev–Trinajstić information content (AvgIpc) is 3.57. The number of pyridine rings is 2. The van der Waals surface area contributed by atoms with Crippen molar-refractivity contribution in [3.05, 3.63) is 118 Å². The van der Waals surface area contributed by atoms with Gasteiger partial charge >= 0.3 is 5.69 Å². The van der Waals surface area contributed by atoms with E-state index in [4.69, 9.17) is 5.73 Å². The highest BCUT2D eigenvalue weighted by Crippen LogP contribution is 2.23. The van der Waals surface area contributed by atoms with E-state index in [1.165, 1.54) is 0 Å². The number of aromatic nitrogens is 6. The molecule has 0 unspecified atom stereocenters. The van der Waals surface area contributed by atoms with Gasteiger partial charge in [0, 0.05) is 31.0 Å². The predicted octanol–water partition coefficient (Wildman–Crippen LogP) is 3.24. The molecule has 6 aromatic rings. The average molecular weight is 529 g/mol. The van der Waals surface area contributed by atoms with Crippen molar-refractivity contribution in [2.24, 2.45) is 7.05 Å². The van der Waals surface area contributed by atoms with Crippen LogP contribution in [0.2, 0.25) is 0 Å². The number of nitrogens with two attached hydrogens (primary N) is 1. The van der Waals surface area contributed by atoms with Crippen LogP contribution in [0.15, 0.2) is 90.2 Å². The second-order valence-electron chi connectivity index (χ2n) is 9.31. The maximum absolute atomic E-state index is 14.0. The summed E-state index contributed by atoms with van der Waals surface area (Å²) in [4.78, 5) is 36.0. The molecule has 40 heavy (non-hydrogen) atoms. The molecule has 0 aliphatic rings. The fourth-order valence-corrected chi connectivity index (χ4v) is 4.70. The fourth-order valence-electron chi connectivity index (χ4n) is 4.70. The van der Waals surface area contributed by atoms with Gasteiger partial charge in [-0.15, -0.1) is 0 Å². The summed E-state index contributed by atoms with van der Waals surface area (Å²) in [6.07, 6.45) is 6.66. The van der Waals surface area contributed by atoms with Gasteiger partial charge in [0.25, 0.3) is 5.91 Å². The van der Waals surface area contributed by atoms with Crippen molar-refractivity contribution in [1.29, 1.82) is 0 Å². The van der Waals surface area contributed by atoms with Crippen LogP contribution in [-0.2, 0) is 7.05 Å². The molecule has 0 aliphatic heterocycles. The largest absolute Gasteiger partial charge is 0.383 e. The molecule has 5 heterocycles. The van der Waals surface area contributed by atoms with E-state index in [1.807, 2.05) is 62.5 Å². The van der Waals surface area contributed by atoms with Crippen molar-refractivity contribution in [3.63, 3.8) is 0 Å². The van der Waals surface area contributed by atoms with Crippen LogP contribution in [0.25, 0.3) is 22.1 Å². The number of aryl methyl sites for hydroxylation is 1. The summed E-state index contributed by atoms with van der Waals surface area (Å²) in [7, 11) is 1.82. The van der Waals surface area contributed by atoms with E-state index in [0.29, 0.717) is 33.5 Å². The van der Waals surface area contributed by atoms with E-state index in [9.17, 15) is 9.59 Å². The number of hydrogen-bond donors (Lipinski definition) is 2. The fraction of sp³-hybridized carbons (Fsp3) is 0.100. The van der Waals surface area contributed by atoms with Gasteiger partial charge in [0.15, 0.2) is 0 Å². The number of nitrogen functional groups attached to an aromatic ring is 1. The van der Waals surface area contributed by atoms with E-state index in [1.54, 1.807) is 50.6 Å². The molecular weight excluding hydrogens is 504 g/mol. The Kier molecular flexibility index (Phi) is 6.09. The van der Waals surface area contributed by atoms with Gasteiger partial charge in [-0.3, -0.25) is 23.4 Å². The Balaban J connectivity index is 1.45. The second-order valence-corrected chi connectivity index (χ2v) is 9.31. The molecule has 10 heteroatoms. The number of nitrogens with one attached hydrogen (secondary N) is 1. The standard InChI is InChI=1S/C30H24N8O2/c1-19(35-29(39)26-27-21(7-6-14-32-27)17-33-28(26)31)25-15-24-13-12-23(11-10-20-16-34-36(2)18-20)37(24)30(40)38(25)22-8-4-3-5-9-22/h3-9,12-19H,1-2H3,(H2,31,33)(H,35,39)/t19-/m1/s1. The Labute approximate surface area is 228 Å². The van der Waals surface area contributed by atoms with Gasteiger partial charge in [0.05, 0.1) is 40.2 Å². The van der Waals surface area contributed by atoms with Gasteiger partial charge in [0.1, 0.15) is 17.1 Å². The molecule has 1 amide bonds. The molecule has 0 bridgehead atoms. The Bertz CT molecular complexity index is 2030. The minimum Gasteiger partial charge on any atom is -0.383 e. The molecule has 1 atom stereocenters. The number of para-hydroxylation sites is 1. The van der Waals surface area contributed by atoms with Gasteiger partial charge in [-0.25, -0.2) is 9.78 Å². The van der Waals surface area contributed by atoms with E-state index in [2.05, 4.69) is 32.2 Å². The third kappa shape index (κ3) is 4.35. The number of rotatable bonds is 4. The number of nitrogens with zero attached hydrogens (tertiary/aromatic N) is 6. The van der Waals surface area contributed by atoms with E-state index >= 15 is 0 Å². The minimum absolute atomic E-state index is 0.0789. The zero-order valence-corrected chi connectivity index (χ0v) is 21.7. The van der Waals surface area contributed by atoms with Gasteiger partial charge in [-0.05, 0) is 55.3 Å². The zero-order valence-electron chi connectivity index (χ0n) is 21.7. The molecule has 6 rings (SSSR count). The van der Waals surface area contributed by atoms with Gasteiger partial charge in [0.2, 0.25) is 0 Å². The molecule has 0 saturated carbocycles. The van der Waals surface area contributed by atoms with E-state index < -0.39 is 11.9 Å². The Morgan fingerprint density at radius 2 is 1.85 bits per heavy atom. The molecule has 196 valence electrons. The lowest BCUT2D eigenvalue weighted by atomic mass is 10.1. The summed E-state index contributed by atoms with van der Waals surface area (Å²) in [5, 5.41) is 7.84. The van der Waals surface area contributed by atoms with Crippen molar-refractivity contribution in [2.45, 2.75) is 13.0 Å². The highest BCUT2D eigenvalue weighted by Gasteiger charge is 2.22. The topological polar surface area (TPSA) is 125 Å². The minimum atomic E-state index is -0.580. The van der Waals surface area contributed by atoms with Crippen LogP contribution < -0.4 is 16.7 Å². The number of benzene rings is 1. The highest BCUT2D eigenvalue weighted by molar-refractivity contribution is 6.09. The van der Waals surface area contributed by atoms with Crippen molar-refractivity contribution in [3.8, 4) is 17.5 Å². The summed E-state index contributed by atoms with van der Waals surface area (Å²) < 4.78 is 4.81. The smallest absolute Gasteiger partial charge is 0.338 e. The van der Waals surface area contributed by atoms with Gasteiger partial charge in [-0.2, -0.15) is 5.10 Å². The highest BCUT2D eigenvalue weighted by atomic mass is 16.2. The van der Waals surface area contributed by atoms with Crippen LogP contribution in [0.5, 0.6) is 0 Å². The van der Waals surface area contributed by atoms with Crippen molar-refractivity contribution in [1.82, 2.24) is 34.0 Å². The molecule has 1 aromatic carbocycles. The van der Waals surface area contributed by atoms with Crippen LogP contribution in [0.3, 0.4) is 0 Å². The monoisotopic (exact) mass is 528 g/mol. The third-order valence-electron chi connectivity index (χ3n) is 6.59. The first-order chi connectivity index (χ1) is 19.4.